The summed E-state index contributed by atoms with van der Waals surface area (Å²) in [4.78, 5) is 58.5. The summed E-state index contributed by atoms with van der Waals surface area (Å²) in [6, 6.07) is -3.24. The number of hydrogen-bond donors (Lipinski definition) is 7. The quantitative estimate of drug-likeness (QED) is 0.163. The molecule has 0 saturated carbocycles. The summed E-state index contributed by atoms with van der Waals surface area (Å²) in [5, 5.41) is 16.3. The van der Waals surface area contributed by atoms with Crippen molar-refractivity contribution in [3.63, 3.8) is 0 Å². The number of carbonyl (C=O) groups excluding carboxylic acids is 4. The second kappa shape index (κ2) is 12.9. The molecule has 0 saturated heterocycles. The lowest BCUT2D eigenvalue weighted by Crippen LogP contribution is -2.55. The van der Waals surface area contributed by atoms with E-state index in [0.717, 1.165) is 0 Å². The summed E-state index contributed by atoms with van der Waals surface area (Å²) in [6.45, 7) is 2.99. The first-order valence-corrected chi connectivity index (χ1v) is 9.41. The van der Waals surface area contributed by atoms with Gasteiger partial charge in [-0.1, -0.05) is 20.3 Å². The van der Waals surface area contributed by atoms with Crippen molar-refractivity contribution < 1.29 is 29.1 Å². The van der Waals surface area contributed by atoms with E-state index in [9.17, 15) is 29.1 Å². The monoisotopic (exact) mass is 419 g/mol. The molecule has 160 valence electrons. The number of carboxylic acid groups (broad SMARTS) is 1. The molecule has 11 nitrogen and oxygen atoms in total. The zero-order valence-corrected chi connectivity index (χ0v) is 16.8. The topological polar surface area (TPSA) is 194 Å². The molecule has 4 amide bonds. The Hall–Kier alpha value is -2.34. The standard InChI is InChI=1S/C16H29N5O6S/c1-3-8(2)13(16(26)27)21-15(25)10(4-5-11(18)22)20-12(23)6-19-14(24)9(17)7-28/h8-10,13,28H,3-7,17H2,1-2H3,(H2,18,22)(H,19,24)(H,20,23)(H,21,25)(H,26,27). The largest absolute Gasteiger partial charge is 0.480 e. The number of thiol groups is 1. The van der Waals surface area contributed by atoms with E-state index in [4.69, 9.17) is 11.5 Å². The van der Waals surface area contributed by atoms with Crippen molar-refractivity contribution in [2.75, 3.05) is 12.3 Å². The maximum atomic E-state index is 12.5. The first kappa shape index (κ1) is 25.7. The smallest absolute Gasteiger partial charge is 0.326 e. The van der Waals surface area contributed by atoms with Crippen LogP contribution >= 0.6 is 12.6 Å². The second-order valence-corrected chi connectivity index (χ2v) is 6.71. The molecule has 0 spiro atoms. The molecule has 0 aliphatic heterocycles. The summed E-state index contributed by atoms with van der Waals surface area (Å²) in [6.07, 6.45) is 0.188. The molecule has 0 aliphatic carbocycles. The first-order valence-electron chi connectivity index (χ1n) is 8.78. The second-order valence-electron chi connectivity index (χ2n) is 6.34. The SMILES string of the molecule is CCC(C)C(NC(=O)C(CCC(N)=O)NC(=O)CNC(=O)C(N)CS)C(=O)O. The fourth-order valence-corrected chi connectivity index (χ4v) is 2.28. The molecule has 0 aromatic heterocycles. The van der Waals surface area contributed by atoms with Crippen molar-refractivity contribution in [2.45, 2.75) is 51.2 Å². The molecule has 0 aliphatic rings. The van der Waals surface area contributed by atoms with Crippen molar-refractivity contribution in [1.29, 1.82) is 0 Å². The van der Waals surface area contributed by atoms with Crippen LogP contribution in [-0.4, -0.2) is 65.1 Å². The molecule has 28 heavy (non-hydrogen) atoms. The highest BCUT2D eigenvalue weighted by molar-refractivity contribution is 7.80. The van der Waals surface area contributed by atoms with E-state index in [1.54, 1.807) is 13.8 Å². The third-order valence-corrected chi connectivity index (χ3v) is 4.46. The van der Waals surface area contributed by atoms with Crippen LogP contribution in [0.2, 0.25) is 0 Å². The molecule has 0 radical (unpaired) electrons. The van der Waals surface area contributed by atoms with E-state index in [2.05, 4.69) is 28.6 Å². The third kappa shape index (κ3) is 9.55. The van der Waals surface area contributed by atoms with Gasteiger partial charge in [0.15, 0.2) is 0 Å². The molecule has 0 aromatic rings. The number of nitrogens with one attached hydrogen (secondary N) is 3. The average Bonchev–Trinajstić information content (AvgIpc) is 2.65. The molecule has 4 unspecified atom stereocenters. The van der Waals surface area contributed by atoms with E-state index in [0.29, 0.717) is 6.42 Å². The molecule has 0 heterocycles. The Bertz CT molecular complexity index is 588. The van der Waals surface area contributed by atoms with Gasteiger partial charge in [-0.3, -0.25) is 19.2 Å². The van der Waals surface area contributed by atoms with Crippen molar-refractivity contribution in [1.82, 2.24) is 16.0 Å². The Balaban J connectivity index is 5.02. The molecule has 8 N–H and O–H groups in total. The molecule has 4 atom stereocenters. The average molecular weight is 420 g/mol. The van der Waals surface area contributed by atoms with Crippen molar-refractivity contribution in [3.05, 3.63) is 0 Å². The summed E-state index contributed by atoms with van der Waals surface area (Å²) < 4.78 is 0. The van der Waals surface area contributed by atoms with Crippen LogP contribution in [0.1, 0.15) is 33.1 Å². The number of primary amides is 1. The minimum absolute atomic E-state index is 0.0866. The van der Waals surface area contributed by atoms with Crippen LogP contribution in [0.15, 0.2) is 0 Å². The van der Waals surface area contributed by atoms with E-state index in [-0.39, 0.29) is 24.5 Å². The van der Waals surface area contributed by atoms with E-state index >= 15 is 0 Å². The molecular weight excluding hydrogens is 390 g/mol. The number of carbonyl (C=O) groups is 5. The molecule has 0 bridgehead atoms. The Kier molecular flexibility index (Phi) is 11.9. The van der Waals surface area contributed by atoms with Gasteiger partial charge in [-0.25, -0.2) is 4.79 Å². The predicted octanol–water partition coefficient (Wildman–Crippen LogP) is -2.27. The number of aliphatic carboxylic acids is 1. The Morgan fingerprint density at radius 3 is 2.18 bits per heavy atom. The van der Waals surface area contributed by atoms with Crippen LogP contribution in [0.5, 0.6) is 0 Å². The van der Waals surface area contributed by atoms with Crippen LogP contribution in [-0.2, 0) is 24.0 Å². The maximum absolute atomic E-state index is 12.5. The van der Waals surface area contributed by atoms with Crippen LogP contribution in [0.3, 0.4) is 0 Å². The number of hydrogen-bond acceptors (Lipinski definition) is 7. The zero-order chi connectivity index (χ0) is 21.9. The lowest BCUT2D eigenvalue weighted by molar-refractivity contribution is -0.144. The minimum Gasteiger partial charge on any atom is -0.480 e. The zero-order valence-electron chi connectivity index (χ0n) is 15.9. The van der Waals surface area contributed by atoms with Gasteiger partial charge in [0.2, 0.25) is 23.6 Å². The number of carboxylic acids is 1. The lowest BCUT2D eigenvalue weighted by atomic mass is 9.98. The summed E-state index contributed by atoms with van der Waals surface area (Å²) in [7, 11) is 0. The number of rotatable bonds is 13. The predicted molar refractivity (Wildman–Crippen MR) is 104 cm³/mol. The van der Waals surface area contributed by atoms with Gasteiger partial charge in [0.05, 0.1) is 12.6 Å². The normalized spacial score (nSPS) is 14.9. The molecular formula is C16H29N5O6S. The van der Waals surface area contributed by atoms with Gasteiger partial charge in [0.25, 0.3) is 0 Å². The van der Waals surface area contributed by atoms with Gasteiger partial charge in [-0.05, 0) is 12.3 Å². The van der Waals surface area contributed by atoms with Gasteiger partial charge in [0, 0.05) is 12.2 Å². The van der Waals surface area contributed by atoms with Gasteiger partial charge in [-0.2, -0.15) is 12.6 Å². The van der Waals surface area contributed by atoms with Gasteiger partial charge in [-0.15, -0.1) is 0 Å². The molecule has 12 heteroatoms. The first-order chi connectivity index (χ1) is 13.0. The summed E-state index contributed by atoms with van der Waals surface area (Å²) >= 11 is 3.87. The van der Waals surface area contributed by atoms with Crippen molar-refractivity contribution >= 4 is 42.2 Å². The van der Waals surface area contributed by atoms with E-state index in [1.165, 1.54) is 0 Å². The van der Waals surface area contributed by atoms with Crippen LogP contribution < -0.4 is 27.4 Å². The lowest BCUT2D eigenvalue weighted by Gasteiger charge is -2.24. The van der Waals surface area contributed by atoms with Crippen LogP contribution in [0.25, 0.3) is 0 Å². The number of amides is 4. The Morgan fingerprint density at radius 2 is 1.71 bits per heavy atom. The molecule has 0 rings (SSSR count). The van der Waals surface area contributed by atoms with Crippen LogP contribution in [0.4, 0.5) is 0 Å². The molecule has 0 aromatic carbocycles. The maximum Gasteiger partial charge on any atom is 0.326 e. The van der Waals surface area contributed by atoms with E-state index < -0.39 is 54.3 Å². The Morgan fingerprint density at radius 1 is 1.11 bits per heavy atom. The van der Waals surface area contributed by atoms with E-state index in [1.807, 2.05) is 0 Å². The summed E-state index contributed by atoms with van der Waals surface area (Å²) in [5.41, 5.74) is 10.5. The highest BCUT2D eigenvalue weighted by Gasteiger charge is 2.29. The highest BCUT2D eigenvalue weighted by Crippen LogP contribution is 2.09. The Labute approximate surface area is 168 Å². The van der Waals surface area contributed by atoms with Gasteiger partial charge < -0.3 is 32.5 Å². The summed E-state index contributed by atoms with van der Waals surface area (Å²) in [5.74, 6) is -4.22. The van der Waals surface area contributed by atoms with Gasteiger partial charge >= 0.3 is 5.97 Å². The fraction of sp³-hybridized carbons (Fsp3) is 0.688. The van der Waals surface area contributed by atoms with Gasteiger partial charge in [0.1, 0.15) is 12.1 Å². The highest BCUT2D eigenvalue weighted by atomic mass is 32.1. The number of nitrogens with two attached hydrogens (primary N) is 2. The molecule has 0 fully saturated rings. The fourth-order valence-electron chi connectivity index (χ4n) is 2.12. The van der Waals surface area contributed by atoms with Crippen molar-refractivity contribution in [3.8, 4) is 0 Å². The van der Waals surface area contributed by atoms with Crippen LogP contribution in [0, 0.1) is 5.92 Å². The third-order valence-electron chi connectivity index (χ3n) is 4.06. The minimum atomic E-state index is -1.21. The van der Waals surface area contributed by atoms with Crippen molar-refractivity contribution in [2.24, 2.45) is 17.4 Å².